The fourth-order valence-electron chi connectivity index (χ4n) is 2.20. The Morgan fingerprint density at radius 1 is 1.15 bits per heavy atom. The van der Waals surface area contributed by atoms with Gasteiger partial charge in [-0.3, -0.25) is 5.43 Å². The quantitative estimate of drug-likeness (QED) is 0.389. The zero-order valence-electron chi connectivity index (χ0n) is 13.8. The second-order valence-corrected chi connectivity index (χ2v) is 5.84. The number of rotatable bonds is 4. The third-order valence-electron chi connectivity index (χ3n) is 3.58. The molecule has 3 aromatic rings. The first kappa shape index (κ1) is 18.8. The predicted octanol–water partition coefficient (Wildman–Crippen LogP) is 4.83. The first-order valence-electron chi connectivity index (χ1n) is 7.59. The van der Waals surface area contributed by atoms with E-state index in [4.69, 9.17) is 11.6 Å². The van der Waals surface area contributed by atoms with Crippen LogP contribution in [-0.4, -0.2) is 21.0 Å². The van der Waals surface area contributed by atoms with E-state index in [2.05, 4.69) is 20.6 Å². The van der Waals surface area contributed by atoms with Gasteiger partial charge in [-0.1, -0.05) is 11.6 Å². The molecule has 0 unspecified atom stereocenters. The molecule has 0 radical (unpaired) electrons. The molecule has 2 aromatic heterocycles. The number of pyridine rings is 1. The minimum Gasteiger partial charge on any atom is -0.261 e. The number of anilines is 1. The Balaban J connectivity index is 1.77. The number of hydrogen-bond donors (Lipinski definition) is 1. The van der Waals surface area contributed by atoms with Crippen LogP contribution in [-0.2, 0) is 6.18 Å². The number of nitrogens with zero attached hydrogens (tertiary/aromatic N) is 4. The van der Waals surface area contributed by atoms with E-state index in [-0.39, 0.29) is 16.8 Å². The van der Waals surface area contributed by atoms with Gasteiger partial charge in [0.25, 0.3) is 0 Å². The van der Waals surface area contributed by atoms with Gasteiger partial charge in [0.05, 0.1) is 28.7 Å². The topological polar surface area (TPSA) is 55.1 Å². The van der Waals surface area contributed by atoms with Crippen LogP contribution in [0.4, 0.5) is 23.4 Å². The van der Waals surface area contributed by atoms with Crippen molar-refractivity contribution in [2.45, 2.75) is 13.1 Å². The molecule has 1 aromatic carbocycles. The zero-order valence-corrected chi connectivity index (χ0v) is 14.6. The fourth-order valence-corrected chi connectivity index (χ4v) is 2.52. The summed E-state index contributed by atoms with van der Waals surface area (Å²) in [4.78, 5) is 3.65. The van der Waals surface area contributed by atoms with Crippen LogP contribution in [0, 0.1) is 12.7 Å². The maximum Gasteiger partial charge on any atom is 0.417 e. The molecule has 10 heteroatoms. The van der Waals surface area contributed by atoms with Gasteiger partial charge in [-0.25, -0.2) is 14.1 Å². The Morgan fingerprint density at radius 2 is 1.85 bits per heavy atom. The van der Waals surface area contributed by atoms with Crippen LogP contribution in [0.5, 0.6) is 0 Å². The van der Waals surface area contributed by atoms with Gasteiger partial charge in [-0.15, -0.1) is 0 Å². The van der Waals surface area contributed by atoms with Crippen LogP contribution in [0.15, 0.2) is 47.7 Å². The second-order valence-electron chi connectivity index (χ2n) is 5.48. The van der Waals surface area contributed by atoms with Crippen molar-refractivity contribution >= 4 is 23.6 Å². The largest absolute Gasteiger partial charge is 0.417 e. The number of alkyl halides is 3. The minimum absolute atomic E-state index is 0.138. The lowest BCUT2D eigenvalue weighted by Gasteiger charge is -2.06. The number of halogens is 5. The molecule has 0 amide bonds. The molecule has 1 N–H and O–H groups in total. The van der Waals surface area contributed by atoms with Crippen molar-refractivity contribution in [3.05, 3.63) is 70.4 Å². The Bertz CT molecular complexity index is 963. The zero-order chi connectivity index (χ0) is 19.6. The van der Waals surface area contributed by atoms with Crippen LogP contribution in [0.2, 0.25) is 5.15 Å². The molecule has 2 heterocycles. The van der Waals surface area contributed by atoms with Crippen molar-refractivity contribution in [1.29, 1.82) is 0 Å². The van der Waals surface area contributed by atoms with Gasteiger partial charge >= 0.3 is 6.18 Å². The molecule has 0 saturated carbocycles. The normalized spacial score (nSPS) is 11.9. The van der Waals surface area contributed by atoms with Gasteiger partial charge < -0.3 is 0 Å². The molecular weight excluding hydrogens is 386 g/mol. The Labute approximate surface area is 156 Å². The summed E-state index contributed by atoms with van der Waals surface area (Å²) in [6, 6.07) is 7.69. The van der Waals surface area contributed by atoms with Crippen LogP contribution in [0.1, 0.15) is 16.8 Å². The summed E-state index contributed by atoms with van der Waals surface area (Å²) < 4.78 is 52.0. The summed E-state index contributed by atoms with van der Waals surface area (Å²) in [7, 11) is 0. The predicted molar refractivity (Wildman–Crippen MR) is 93.7 cm³/mol. The second kappa shape index (κ2) is 7.36. The summed E-state index contributed by atoms with van der Waals surface area (Å²) in [5.74, 6) is -0.243. The summed E-state index contributed by atoms with van der Waals surface area (Å²) >= 11 is 6.30. The number of benzene rings is 1. The molecule has 27 heavy (non-hydrogen) atoms. The van der Waals surface area contributed by atoms with Gasteiger partial charge in [-0.05, 0) is 43.3 Å². The van der Waals surface area contributed by atoms with Crippen molar-refractivity contribution in [3.8, 4) is 5.69 Å². The maximum absolute atomic E-state index is 13.0. The van der Waals surface area contributed by atoms with E-state index >= 15 is 0 Å². The van der Waals surface area contributed by atoms with E-state index in [1.807, 2.05) is 0 Å². The average Bonchev–Trinajstić information content (AvgIpc) is 2.90. The van der Waals surface area contributed by atoms with Gasteiger partial charge in [0.15, 0.2) is 0 Å². The highest BCUT2D eigenvalue weighted by atomic mass is 35.5. The lowest BCUT2D eigenvalue weighted by Crippen LogP contribution is -2.05. The minimum atomic E-state index is -4.45. The van der Waals surface area contributed by atoms with Crippen LogP contribution < -0.4 is 5.43 Å². The smallest absolute Gasteiger partial charge is 0.261 e. The number of aromatic nitrogens is 3. The molecule has 0 fully saturated rings. The van der Waals surface area contributed by atoms with Gasteiger partial charge in [0.1, 0.15) is 16.8 Å². The van der Waals surface area contributed by atoms with E-state index in [0.29, 0.717) is 23.1 Å². The summed E-state index contributed by atoms with van der Waals surface area (Å²) in [5.41, 5.74) is 3.31. The Morgan fingerprint density at radius 3 is 2.44 bits per heavy atom. The van der Waals surface area contributed by atoms with Crippen LogP contribution in [0.25, 0.3) is 5.69 Å². The molecule has 0 spiro atoms. The highest BCUT2D eigenvalue weighted by Crippen LogP contribution is 2.29. The third kappa shape index (κ3) is 4.25. The molecule has 0 bridgehead atoms. The molecule has 0 aliphatic heterocycles. The van der Waals surface area contributed by atoms with Gasteiger partial charge in [0.2, 0.25) is 0 Å². The number of hydrogen-bond acceptors (Lipinski definition) is 4. The Hall–Kier alpha value is -2.94. The summed E-state index contributed by atoms with van der Waals surface area (Å²) in [5, 5.41) is 8.46. The maximum atomic E-state index is 13.0. The van der Waals surface area contributed by atoms with Crippen molar-refractivity contribution in [3.63, 3.8) is 0 Å². The molecule has 140 valence electrons. The van der Waals surface area contributed by atoms with Gasteiger partial charge in [-0.2, -0.15) is 23.4 Å². The molecule has 0 aliphatic rings. The van der Waals surface area contributed by atoms with E-state index < -0.39 is 11.7 Å². The van der Waals surface area contributed by atoms with Gasteiger partial charge in [0, 0.05) is 6.20 Å². The lowest BCUT2D eigenvalue weighted by atomic mass is 10.3. The van der Waals surface area contributed by atoms with Crippen molar-refractivity contribution in [1.82, 2.24) is 14.8 Å². The summed E-state index contributed by atoms with van der Waals surface area (Å²) in [6.45, 7) is 1.71. The number of hydrazone groups is 1. The highest BCUT2D eigenvalue weighted by Gasteiger charge is 2.30. The third-order valence-corrected chi connectivity index (χ3v) is 3.95. The molecule has 0 saturated heterocycles. The first-order valence-corrected chi connectivity index (χ1v) is 7.97. The van der Waals surface area contributed by atoms with E-state index in [0.717, 1.165) is 12.1 Å². The van der Waals surface area contributed by atoms with E-state index in [9.17, 15) is 17.6 Å². The standard InChI is InChI=1S/C17H12ClF4N5/c1-10-14(16(18)27(26-10)13-5-3-12(19)4-6-13)9-24-25-15-7-2-11(8-23-15)17(20,21)22/h2-9H,1H3,(H,23,25)/b24-9-. The molecule has 0 atom stereocenters. The molecular formula is C17H12ClF4N5. The SMILES string of the molecule is Cc1nn(-c2ccc(F)cc2)c(Cl)c1/C=N\Nc1ccc(C(F)(F)F)cn1. The van der Waals surface area contributed by atoms with E-state index in [1.165, 1.54) is 35.2 Å². The Kier molecular flexibility index (Phi) is 5.13. The molecule has 3 rings (SSSR count). The van der Waals surface area contributed by atoms with Crippen LogP contribution >= 0.6 is 11.6 Å². The van der Waals surface area contributed by atoms with Crippen LogP contribution in [0.3, 0.4) is 0 Å². The summed E-state index contributed by atoms with van der Waals surface area (Å²) in [6.07, 6.45) is -2.36. The number of nitrogens with one attached hydrogen (secondary N) is 1. The van der Waals surface area contributed by atoms with Crippen molar-refractivity contribution in [2.24, 2.45) is 5.10 Å². The lowest BCUT2D eigenvalue weighted by molar-refractivity contribution is -0.137. The number of aryl methyl sites for hydroxylation is 1. The monoisotopic (exact) mass is 397 g/mol. The van der Waals surface area contributed by atoms with Crippen molar-refractivity contribution in [2.75, 3.05) is 5.43 Å². The van der Waals surface area contributed by atoms with E-state index in [1.54, 1.807) is 6.92 Å². The highest BCUT2D eigenvalue weighted by molar-refractivity contribution is 6.32. The first-order chi connectivity index (χ1) is 12.8. The molecule has 5 nitrogen and oxygen atoms in total. The average molecular weight is 398 g/mol. The fraction of sp³-hybridized carbons (Fsp3) is 0.118. The van der Waals surface area contributed by atoms with Crippen molar-refractivity contribution < 1.29 is 17.6 Å². The molecule has 0 aliphatic carbocycles.